The third-order valence-electron chi connectivity index (χ3n) is 7.73. The molecule has 0 radical (unpaired) electrons. The predicted molar refractivity (Wildman–Crippen MR) is 147 cm³/mol. The lowest BCUT2D eigenvalue weighted by molar-refractivity contribution is -0.149. The fourth-order valence-corrected chi connectivity index (χ4v) is 5.34. The Morgan fingerprint density at radius 3 is 2.55 bits per heavy atom. The molecule has 0 unspecified atom stereocenters. The van der Waals surface area contributed by atoms with Crippen LogP contribution in [0.2, 0.25) is 0 Å². The van der Waals surface area contributed by atoms with Crippen molar-refractivity contribution in [3.63, 3.8) is 0 Å². The summed E-state index contributed by atoms with van der Waals surface area (Å²) in [6.45, 7) is 3.86. The third-order valence-corrected chi connectivity index (χ3v) is 7.73. The lowest BCUT2D eigenvalue weighted by Gasteiger charge is -2.35. The number of carbonyl (C=O) groups excluding carboxylic acids is 2. The number of carbonyl (C=O) groups is 2. The summed E-state index contributed by atoms with van der Waals surface area (Å²) in [5.74, 6) is -1.18. The van der Waals surface area contributed by atoms with Crippen molar-refractivity contribution in [1.82, 2.24) is 14.4 Å². The number of aromatic nitrogens is 1. The highest BCUT2D eigenvalue weighted by molar-refractivity contribution is 6.10. The normalized spacial score (nSPS) is 19.1. The van der Waals surface area contributed by atoms with E-state index in [0.717, 1.165) is 27.6 Å². The fourth-order valence-electron chi connectivity index (χ4n) is 5.34. The van der Waals surface area contributed by atoms with Crippen LogP contribution in [0.5, 0.6) is 0 Å². The van der Waals surface area contributed by atoms with Crippen LogP contribution < -0.4 is 0 Å². The molecule has 1 N–H and O–H groups in total. The second-order valence-electron chi connectivity index (χ2n) is 10.7. The summed E-state index contributed by atoms with van der Waals surface area (Å²) in [6, 6.07) is 14.9. The van der Waals surface area contributed by atoms with Gasteiger partial charge in [0.25, 0.3) is 5.91 Å². The summed E-state index contributed by atoms with van der Waals surface area (Å²) < 4.78 is 46.4. The standard InChI is InChI=1S/C30H36F3N3O4/c1-19-15-36(20(2)17-37)29(39)28-27(23-11-7-8-12-24(23)35(28)4)22-10-6-5-9-21(22)18-40-25(19)16-34(3)26(38)13-14-30(31,32)33/h5-12,19-20,25,37H,13-18H2,1-4H3/t19-,20-,25-/m1/s1. The molecule has 2 aromatic carbocycles. The minimum atomic E-state index is -4.42. The van der Waals surface area contributed by atoms with Crippen molar-refractivity contribution < 1.29 is 32.6 Å². The number of ether oxygens (including phenoxy) is 1. The molecule has 2 heterocycles. The molecule has 4 rings (SSSR count). The Hall–Kier alpha value is -3.37. The summed E-state index contributed by atoms with van der Waals surface area (Å²) in [6.07, 6.45) is -6.82. The van der Waals surface area contributed by atoms with Crippen LogP contribution in [0.4, 0.5) is 13.2 Å². The highest BCUT2D eigenvalue weighted by Gasteiger charge is 2.34. The molecule has 3 atom stereocenters. The van der Waals surface area contributed by atoms with Crippen LogP contribution in [0.25, 0.3) is 22.0 Å². The van der Waals surface area contributed by atoms with E-state index in [1.807, 2.05) is 67.1 Å². The number of para-hydroxylation sites is 1. The van der Waals surface area contributed by atoms with E-state index in [9.17, 15) is 27.9 Å². The smallest absolute Gasteiger partial charge is 0.389 e. The maximum atomic E-state index is 14.3. The number of halogens is 3. The average Bonchev–Trinajstić information content (AvgIpc) is 3.22. The van der Waals surface area contributed by atoms with Gasteiger partial charge in [0.05, 0.1) is 31.8 Å². The number of alkyl halides is 3. The zero-order valence-corrected chi connectivity index (χ0v) is 23.2. The van der Waals surface area contributed by atoms with Crippen LogP contribution >= 0.6 is 0 Å². The zero-order chi connectivity index (χ0) is 29.2. The van der Waals surface area contributed by atoms with E-state index in [4.69, 9.17) is 4.74 Å². The maximum absolute atomic E-state index is 14.3. The van der Waals surface area contributed by atoms with E-state index < -0.39 is 37.1 Å². The molecule has 0 saturated heterocycles. The first kappa shape index (κ1) is 29.6. The second kappa shape index (κ2) is 12.0. The van der Waals surface area contributed by atoms with Gasteiger partial charge in [-0.3, -0.25) is 9.59 Å². The van der Waals surface area contributed by atoms with Crippen LogP contribution in [0.1, 0.15) is 42.7 Å². The molecule has 1 aliphatic rings. The van der Waals surface area contributed by atoms with Crippen molar-refractivity contribution in [3.8, 4) is 11.1 Å². The minimum absolute atomic E-state index is 0.0610. The Balaban J connectivity index is 1.78. The van der Waals surface area contributed by atoms with Gasteiger partial charge in [-0.25, -0.2) is 0 Å². The van der Waals surface area contributed by atoms with Crippen LogP contribution in [0, 0.1) is 5.92 Å². The van der Waals surface area contributed by atoms with Crippen molar-refractivity contribution in [3.05, 3.63) is 59.8 Å². The van der Waals surface area contributed by atoms with Crippen LogP contribution in [0.15, 0.2) is 48.5 Å². The van der Waals surface area contributed by atoms with E-state index in [1.54, 1.807) is 11.8 Å². The number of amides is 2. The van der Waals surface area contributed by atoms with E-state index >= 15 is 0 Å². The molecule has 40 heavy (non-hydrogen) atoms. The molecule has 0 aliphatic carbocycles. The van der Waals surface area contributed by atoms with Gasteiger partial charge in [0.1, 0.15) is 5.69 Å². The summed E-state index contributed by atoms with van der Waals surface area (Å²) in [5.41, 5.74) is 3.86. The van der Waals surface area contributed by atoms with Crippen LogP contribution in [-0.2, 0) is 23.2 Å². The molecule has 1 aliphatic heterocycles. The number of nitrogens with zero attached hydrogens (tertiary/aromatic N) is 3. The Labute approximate surface area is 232 Å². The zero-order valence-electron chi connectivity index (χ0n) is 23.2. The van der Waals surface area contributed by atoms with Gasteiger partial charge in [0, 0.05) is 56.0 Å². The highest BCUT2D eigenvalue weighted by atomic mass is 19.4. The van der Waals surface area contributed by atoms with E-state index in [-0.39, 0.29) is 38.1 Å². The van der Waals surface area contributed by atoms with E-state index in [1.165, 1.54) is 11.9 Å². The molecule has 10 heteroatoms. The number of hydrogen-bond donors (Lipinski definition) is 1. The first-order valence-electron chi connectivity index (χ1n) is 13.4. The quantitative estimate of drug-likeness (QED) is 0.461. The van der Waals surface area contributed by atoms with Crippen molar-refractivity contribution in [2.75, 3.05) is 26.7 Å². The van der Waals surface area contributed by atoms with Gasteiger partial charge in [0.2, 0.25) is 5.91 Å². The molecule has 2 amide bonds. The van der Waals surface area contributed by atoms with Crippen molar-refractivity contribution in [2.24, 2.45) is 13.0 Å². The Bertz CT molecular complexity index is 1370. The first-order chi connectivity index (χ1) is 18.9. The molecule has 0 fully saturated rings. The number of hydrogen-bond acceptors (Lipinski definition) is 4. The van der Waals surface area contributed by atoms with Gasteiger partial charge in [-0.1, -0.05) is 49.4 Å². The first-order valence-corrected chi connectivity index (χ1v) is 13.4. The summed E-state index contributed by atoms with van der Waals surface area (Å²) >= 11 is 0. The predicted octanol–water partition coefficient (Wildman–Crippen LogP) is 5.00. The SMILES string of the molecule is C[C@@H]1CN([C@H](C)CO)C(=O)c2c(c3ccccc3n2C)-c2ccccc2CO[C@@H]1CN(C)C(=O)CCC(F)(F)F. The lowest BCUT2D eigenvalue weighted by atomic mass is 9.96. The fraction of sp³-hybridized carbons (Fsp3) is 0.467. The molecule has 3 aromatic rings. The van der Waals surface area contributed by atoms with Crippen LogP contribution in [0.3, 0.4) is 0 Å². The summed E-state index contributed by atoms with van der Waals surface area (Å²) in [5, 5.41) is 11.0. The molecular formula is C30H36F3N3O4. The second-order valence-corrected chi connectivity index (χ2v) is 10.7. The lowest BCUT2D eigenvalue weighted by Crippen LogP contribution is -2.48. The number of aryl methyl sites for hydroxylation is 1. The Morgan fingerprint density at radius 1 is 1.18 bits per heavy atom. The van der Waals surface area contributed by atoms with E-state index in [0.29, 0.717) is 5.69 Å². The van der Waals surface area contributed by atoms with E-state index in [2.05, 4.69) is 0 Å². The molecule has 0 saturated carbocycles. The average molecular weight is 560 g/mol. The highest BCUT2D eigenvalue weighted by Crippen LogP contribution is 2.38. The van der Waals surface area contributed by atoms with Crippen molar-refractivity contribution in [2.45, 2.75) is 51.6 Å². The number of likely N-dealkylation sites (N-methyl/N-ethyl adjacent to an activating group) is 1. The van der Waals surface area contributed by atoms with Gasteiger partial charge >= 0.3 is 6.18 Å². The molecule has 0 spiro atoms. The van der Waals surface area contributed by atoms with Gasteiger partial charge in [-0.15, -0.1) is 0 Å². The Morgan fingerprint density at radius 2 is 1.85 bits per heavy atom. The maximum Gasteiger partial charge on any atom is 0.389 e. The molecule has 216 valence electrons. The third kappa shape index (κ3) is 6.18. The van der Waals surface area contributed by atoms with Gasteiger partial charge in [-0.05, 0) is 24.1 Å². The van der Waals surface area contributed by atoms with Crippen LogP contribution in [-0.4, -0.2) is 76.4 Å². The summed E-state index contributed by atoms with van der Waals surface area (Å²) in [4.78, 5) is 29.7. The van der Waals surface area contributed by atoms with Gasteiger partial charge < -0.3 is 24.2 Å². The Kier molecular flexibility index (Phi) is 8.90. The monoisotopic (exact) mass is 559 g/mol. The molecule has 7 nitrogen and oxygen atoms in total. The molecule has 1 aromatic heterocycles. The van der Waals surface area contributed by atoms with Crippen molar-refractivity contribution >= 4 is 22.7 Å². The molecular weight excluding hydrogens is 523 g/mol. The largest absolute Gasteiger partial charge is 0.394 e. The number of aliphatic hydroxyl groups is 1. The number of aliphatic hydroxyl groups excluding tert-OH is 1. The summed E-state index contributed by atoms with van der Waals surface area (Å²) in [7, 11) is 3.32. The molecule has 0 bridgehead atoms. The van der Waals surface area contributed by atoms with Gasteiger partial charge in [-0.2, -0.15) is 13.2 Å². The number of fused-ring (bicyclic) bond motifs is 5. The van der Waals surface area contributed by atoms with Crippen molar-refractivity contribution in [1.29, 1.82) is 0 Å². The topological polar surface area (TPSA) is 75.0 Å². The minimum Gasteiger partial charge on any atom is -0.394 e. The number of benzene rings is 2. The van der Waals surface area contributed by atoms with Gasteiger partial charge in [0.15, 0.2) is 0 Å². The number of rotatable bonds is 6.